The van der Waals surface area contributed by atoms with Crippen molar-refractivity contribution in [2.75, 3.05) is 4.72 Å². The molecule has 0 saturated heterocycles. The van der Waals surface area contributed by atoms with Gasteiger partial charge >= 0.3 is 6.18 Å². The zero-order chi connectivity index (χ0) is 18.6. The van der Waals surface area contributed by atoms with Crippen LogP contribution in [-0.2, 0) is 16.2 Å². The third-order valence-corrected chi connectivity index (χ3v) is 4.99. The van der Waals surface area contributed by atoms with Gasteiger partial charge in [-0.15, -0.1) is 0 Å². The molecule has 1 atom stereocenters. The number of nitrogens with one attached hydrogen (secondary N) is 1. The molecule has 0 radical (unpaired) electrons. The summed E-state index contributed by atoms with van der Waals surface area (Å²) in [6.45, 7) is 0. The lowest BCUT2D eigenvalue weighted by atomic mass is 10.2. The van der Waals surface area contributed by atoms with E-state index in [9.17, 15) is 30.4 Å². The van der Waals surface area contributed by atoms with Gasteiger partial charge in [-0.1, -0.05) is 11.6 Å². The minimum absolute atomic E-state index is 0.226. The van der Waals surface area contributed by atoms with Crippen LogP contribution in [0.3, 0.4) is 0 Å². The van der Waals surface area contributed by atoms with Crippen LogP contribution in [-0.4, -0.2) is 24.1 Å². The molecule has 5 nitrogen and oxygen atoms in total. The second-order valence-electron chi connectivity index (χ2n) is 5.41. The fourth-order valence-corrected chi connectivity index (χ4v) is 3.35. The maximum Gasteiger partial charge on any atom is 0.418 e. The Morgan fingerprint density at radius 1 is 1.28 bits per heavy atom. The molecule has 1 aliphatic rings. The summed E-state index contributed by atoms with van der Waals surface area (Å²) in [6, 6.07) is 2.19. The molecule has 0 spiro atoms. The fourth-order valence-electron chi connectivity index (χ4n) is 2.16. The Labute approximate surface area is 143 Å². The largest absolute Gasteiger partial charge is 0.418 e. The van der Waals surface area contributed by atoms with Gasteiger partial charge in [-0.05, 0) is 24.3 Å². The smallest absolute Gasteiger partial charge is 0.278 e. The number of anilines is 1. The Hall–Kier alpha value is -1.88. The lowest BCUT2D eigenvalue weighted by Crippen LogP contribution is -2.18. The van der Waals surface area contributed by atoms with E-state index in [1.807, 2.05) is 0 Å². The molecule has 1 aromatic heterocycles. The third-order valence-electron chi connectivity index (χ3n) is 3.50. The fraction of sp³-hybridized carbons (Fsp3) is 0.308. The van der Waals surface area contributed by atoms with E-state index < -0.39 is 50.9 Å². The van der Waals surface area contributed by atoms with Gasteiger partial charge in [0.2, 0.25) is 0 Å². The van der Waals surface area contributed by atoms with Gasteiger partial charge in [-0.25, -0.2) is 8.78 Å². The van der Waals surface area contributed by atoms with E-state index in [1.165, 1.54) is 0 Å². The van der Waals surface area contributed by atoms with Crippen molar-refractivity contribution in [2.45, 2.75) is 29.6 Å². The van der Waals surface area contributed by atoms with E-state index in [2.05, 4.69) is 5.10 Å². The van der Waals surface area contributed by atoms with E-state index in [4.69, 9.17) is 11.6 Å². The van der Waals surface area contributed by atoms with E-state index in [1.54, 1.807) is 4.72 Å². The van der Waals surface area contributed by atoms with Crippen LogP contribution in [0, 0.1) is 0 Å². The van der Waals surface area contributed by atoms with Crippen molar-refractivity contribution in [3.63, 3.8) is 0 Å². The number of halogens is 6. The van der Waals surface area contributed by atoms with Crippen molar-refractivity contribution in [1.29, 1.82) is 0 Å². The SMILES string of the molecule is O=S(=O)(Nc1ccc(Cl)cc1C(F)(F)F)c1ccn(C2CC2(F)F)n1. The zero-order valence-electron chi connectivity index (χ0n) is 12.1. The van der Waals surface area contributed by atoms with Crippen LogP contribution in [0.5, 0.6) is 0 Å². The van der Waals surface area contributed by atoms with Crippen LogP contribution in [0.15, 0.2) is 35.5 Å². The summed E-state index contributed by atoms with van der Waals surface area (Å²) >= 11 is 5.52. The molecule has 12 heteroatoms. The summed E-state index contributed by atoms with van der Waals surface area (Å²) in [5.41, 5.74) is -2.03. The summed E-state index contributed by atoms with van der Waals surface area (Å²) in [6.07, 6.45) is -4.29. The Morgan fingerprint density at radius 2 is 1.92 bits per heavy atom. The van der Waals surface area contributed by atoms with Crippen LogP contribution < -0.4 is 4.72 Å². The van der Waals surface area contributed by atoms with Gasteiger partial charge in [-0.3, -0.25) is 9.40 Å². The summed E-state index contributed by atoms with van der Waals surface area (Å²) in [7, 11) is -4.50. The first-order chi connectivity index (χ1) is 11.4. The molecule has 136 valence electrons. The molecule has 1 heterocycles. The predicted octanol–water partition coefficient (Wildman–Crippen LogP) is 3.94. The van der Waals surface area contributed by atoms with E-state index in [0.717, 1.165) is 29.1 Å². The van der Waals surface area contributed by atoms with Crippen molar-refractivity contribution in [2.24, 2.45) is 0 Å². The van der Waals surface area contributed by atoms with E-state index in [0.29, 0.717) is 6.07 Å². The molecule has 1 fully saturated rings. The molecule has 2 aromatic rings. The highest BCUT2D eigenvalue weighted by Gasteiger charge is 2.59. The van der Waals surface area contributed by atoms with Crippen molar-refractivity contribution < 1.29 is 30.4 Å². The van der Waals surface area contributed by atoms with Crippen molar-refractivity contribution in [3.05, 3.63) is 41.0 Å². The summed E-state index contributed by atoms with van der Waals surface area (Å²) < 4.78 is 92.0. The monoisotopic (exact) mass is 401 g/mol. The quantitative estimate of drug-likeness (QED) is 0.789. The molecule has 0 bridgehead atoms. The number of benzene rings is 1. The molecular weight excluding hydrogens is 393 g/mol. The molecule has 0 aliphatic heterocycles. The maximum absolute atomic E-state index is 13.0. The van der Waals surface area contributed by atoms with Crippen LogP contribution in [0.4, 0.5) is 27.6 Å². The molecule has 25 heavy (non-hydrogen) atoms. The van der Waals surface area contributed by atoms with Crippen LogP contribution in [0.2, 0.25) is 5.02 Å². The Kier molecular flexibility index (Phi) is 3.99. The van der Waals surface area contributed by atoms with Crippen molar-refractivity contribution in [3.8, 4) is 0 Å². The molecule has 0 amide bonds. The van der Waals surface area contributed by atoms with E-state index in [-0.39, 0.29) is 5.02 Å². The van der Waals surface area contributed by atoms with E-state index >= 15 is 0 Å². The number of nitrogens with zero attached hydrogens (tertiary/aromatic N) is 2. The van der Waals surface area contributed by atoms with Gasteiger partial charge in [0.15, 0.2) is 5.03 Å². The number of hydrogen-bond acceptors (Lipinski definition) is 3. The van der Waals surface area contributed by atoms with Crippen molar-refractivity contribution >= 4 is 27.3 Å². The van der Waals surface area contributed by atoms with Gasteiger partial charge < -0.3 is 0 Å². The average Bonchev–Trinajstić information content (AvgIpc) is 2.90. The molecule has 1 aromatic carbocycles. The van der Waals surface area contributed by atoms with Crippen molar-refractivity contribution in [1.82, 2.24) is 9.78 Å². The van der Waals surface area contributed by atoms with Gasteiger partial charge in [0.1, 0.15) is 6.04 Å². The molecule has 1 saturated carbocycles. The average molecular weight is 402 g/mol. The first-order valence-corrected chi connectivity index (χ1v) is 8.59. The highest BCUT2D eigenvalue weighted by Crippen LogP contribution is 2.52. The van der Waals surface area contributed by atoms with Gasteiger partial charge in [0.25, 0.3) is 15.9 Å². The third kappa shape index (κ3) is 3.56. The number of aromatic nitrogens is 2. The molecule has 1 aliphatic carbocycles. The molecule has 3 rings (SSSR count). The van der Waals surface area contributed by atoms with Gasteiger partial charge in [0.05, 0.1) is 11.3 Å². The standard InChI is InChI=1S/C13H9ClF5N3O2S/c14-7-1-2-9(8(5-7)13(17,18)19)21-25(23,24)11-3-4-22(20-11)10-6-12(10,15)16/h1-5,10,21H,6H2. The van der Waals surface area contributed by atoms with Gasteiger partial charge in [-0.2, -0.15) is 26.7 Å². The number of sulfonamides is 1. The lowest BCUT2D eigenvalue weighted by molar-refractivity contribution is -0.136. The zero-order valence-corrected chi connectivity index (χ0v) is 13.6. The Bertz CT molecular complexity index is 926. The normalized spacial score (nSPS) is 19.7. The first kappa shape index (κ1) is 17.9. The van der Waals surface area contributed by atoms with Crippen LogP contribution >= 0.6 is 11.6 Å². The van der Waals surface area contributed by atoms with Crippen LogP contribution in [0.25, 0.3) is 0 Å². The minimum atomic E-state index is -4.85. The highest BCUT2D eigenvalue weighted by atomic mass is 35.5. The van der Waals surface area contributed by atoms with Crippen LogP contribution in [0.1, 0.15) is 18.0 Å². The minimum Gasteiger partial charge on any atom is -0.278 e. The number of rotatable bonds is 4. The first-order valence-electron chi connectivity index (χ1n) is 6.73. The summed E-state index contributed by atoms with van der Waals surface area (Å²) in [4.78, 5) is 0. The van der Waals surface area contributed by atoms with Gasteiger partial charge in [0, 0.05) is 17.6 Å². The summed E-state index contributed by atoms with van der Waals surface area (Å²) in [5, 5.41) is 2.63. The predicted molar refractivity (Wildman–Crippen MR) is 78.1 cm³/mol. The maximum atomic E-state index is 13.0. The lowest BCUT2D eigenvalue weighted by Gasteiger charge is -2.14. The second kappa shape index (κ2) is 5.56. The highest BCUT2D eigenvalue weighted by molar-refractivity contribution is 7.92. The second-order valence-corrected chi connectivity index (χ2v) is 7.47. The molecule has 1 unspecified atom stereocenters. The Morgan fingerprint density at radius 3 is 2.48 bits per heavy atom. The summed E-state index contributed by atoms with van der Waals surface area (Å²) in [5.74, 6) is -2.97. The molecular formula is C13H9ClF5N3O2S. The molecule has 1 N–H and O–H groups in total. The topological polar surface area (TPSA) is 64.0 Å². The number of alkyl halides is 5. The Balaban J connectivity index is 1.90. The number of hydrogen-bond donors (Lipinski definition) is 1.